The smallest absolute Gasteiger partial charge is 0.338 e. The number of esters is 1. The Kier molecular flexibility index (Phi) is 33.7. The molecule has 0 bridgehead atoms. The number of aliphatic hydroxyl groups is 1. The number of carbonyl (C=O) groups is 12. The summed E-state index contributed by atoms with van der Waals surface area (Å²) in [6.45, 7) is 27.8. The summed E-state index contributed by atoms with van der Waals surface area (Å²) in [5, 5.41) is 29.3. The van der Waals surface area contributed by atoms with Crippen LogP contribution in [0.4, 0.5) is 0 Å². The Morgan fingerprint density at radius 1 is 0.538 bits per heavy atom. The van der Waals surface area contributed by atoms with Crippen molar-refractivity contribution in [3.8, 4) is 0 Å². The number of aromatic nitrogens is 2. The number of amides is 11. The molecule has 27 nitrogen and oxygen atoms in total. The van der Waals surface area contributed by atoms with E-state index >= 15 is 19.2 Å². The van der Waals surface area contributed by atoms with E-state index in [-0.39, 0.29) is 68.8 Å². The molecule has 0 unspecified atom stereocenters. The Hall–Kier alpha value is -8.75. The van der Waals surface area contributed by atoms with E-state index in [9.17, 15) is 43.5 Å². The minimum absolute atomic E-state index is 0.0328. The van der Waals surface area contributed by atoms with Gasteiger partial charge in [-0.05, 0) is 122 Å². The number of allylic oxidation sites excluding steroid dienone is 1. The van der Waals surface area contributed by atoms with Crippen LogP contribution >= 0.6 is 0 Å². The molecule has 2 heterocycles. The summed E-state index contributed by atoms with van der Waals surface area (Å²) in [7, 11) is 9.84. The number of carbonyl (C=O) groups excluding carboxylic acids is 12. The van der Waals surface area contributed by atoms with Crippen LogP contribution in [0, 0.1) is 41.4 Å². The minimum atomic E-state index is -1.74. The third-order valence-electron chi connectivity index (χ3n) is 19.4. The molecule has 1 aliphatic heterocycles. The fourth-order valence-corrected chi connectivity index (χ4v) is 13.1. The highest BCUT2D eigenvalue weighted by atomic mass is 16.5. The quantitative estimate of drug-likeness (QED) is 0.0858. The van der Waals surface area contributed by atoms with Gasteiger partial charge in [-0.25, -0.2) is 4.79 Å². The van der Waals surface area contributed by atoms with Crippen LogP contribution in [0.2, 0.25) is 0 Å². The fraction of sp³-hybridized carbons (Fsp3) is 0.649. The molecular formula is C77H121N13O14. The van der Waals surface area contributed by atoms with E-state index < -0.39 is 162 Å². The van der Waals surface area contributed by atoms with Gasteiger partial charge in [-0.3, -0.25) is 57.4 Å². The minimum Gasteiger partial charge on any atom is -0.460 e. The molecule has 11 amide bonds. The number of nitrogens with zero attached hydrogens (tertiary/aromatic N) is 9. The standard InChI is InChI=1S/C77H121N13O14/c1-24-57-72(98)83(17)43-62(91)84(18)58(39-44(2)3)69(95)82-63(48(10)11)75(101)85(19)59(40-45(4)5)68(94)79-51(15)67(93)80-52(16)71(97)86(20)60(41-46(6)7)73(99)87(21)61(42-47(8)9)74(100)88(22)64(49(12)13)76(102)89(23)65(70(96)81-57)66(92)50(14)29-27-30-53-33-34-56(55-32-26-25-31-54(53)55)77(103)104-38-37-90-36-28-35-78-90/h25-28,30-36,44-52,57-61,63-66,92H,24,29,37-43H2,1-23H3,(H,79,94)(H,80,93)(H,81,96)(H,82,95)/t50-,51+,52-,57+,58+,59+,60+,61+,63+,64+,65+,66-/m1/s1. The average molecular weight is 1450 g/mol. The van der Waals surface area contributed by atoms with Crippen LogP contribution in [-0.4, -0.2) is 249 Å². The third kappa shape index (κ3) is 23.4. The van der Waals surface area contributed by atoms with Crippen LogP contribution < -0.4 is 21.3 Å². The van der Waals surface area contributed by atoms with E-state index in [2.05, 4.69) is 26.4 Å². The lowest BCUT2D eigenvalue weighted by molar-refractivity contribution is -0.157. The molecule has 4 rings (SSSR count). The predicted molar refractivity (Wildman–Crippen MR) is 399 cm³/mol. The summed E-state index contributed by atoms with van der Waals surface area (Å²) in [4.78, 5) is 185. The molecule has 104 heavy (non-hydrogen) atoms. The topological polar surface area (TPSA) is 323 Å². The number of hydrogen-bond acceptors (Lipinski definition) is 15. The number of fused-ring (bicyclic) bond motifs is 1. The highest BCUT2D eigenvalue weighted by molar-refractivity contribution is 6.07. The van der Waals surface area contributed by atoms with Gasteiger partial charge in [-0.1, -0.05) is 139 Å². The molecule has 0 aliphatic carbocycles. The van der Waals surface area contributed by atoms with Crippen LogP contribution in [0.1, 0.15) is 165 Å². The number of ether oxygens (including phenoxy) is 1. The molecule has 1 aromatic heterocycles. The lowest BCUT2D eigenvalue weighted by Gasteiger charge is -2.41. The molecule has 12 atom stereocenters. The second-order valence-electron chi connectivity index (χ2n) is 30.6. The highest BCUT2D eigenvalue weighted by Gasteiger charge is 2.46. The molecular weight excluding hydrogens is 1330 g/mol. The summed E-state index contributed by atoms with van der Waals surface area (Å²) in [6, 6.07) is -0.315. The predicted octanol–water partition coefficient (Wildman–Crippen LogP) is 5.61. The first-order valence-electron chi connectivity index (χ1n) is 36.7. The Balaban J connectivity index is 1.89. The van der Waals surface area contributed by atoms with Crippen molar-refractivity contribution in [2.45, 2.75) is 222 Å². The van der Waals surface area contributed by atoms with E-state index in [1.807, 2.05) is 85.7 Å². The monoisotopic (exact) mass is 1450 g/mol. The number of hydrogen-bond donors (Lipinski definition) is 5. The van der Waals surface area contributed by atoms with Crippen molar-refractivity contribution in [2.24, 2.45) is 41.4 Å². The normalized spacial score (nSPS) is 24.1. The number of rotatable bonds is 20. The first kappa shape index (κ1) is 87.7. The molecule has 1 saturated heterocycles. The average Bonchev–Trinajstić information content (AvgIpc) is 0.820. The van der Waals surface area contributed by atoms with Crippen molar-refractivity contribution in [3.05, 3.63) is 72.1 Å². The van der Waals surface area contributed by atoms with Crippen molar-refractivity contribution in [3.63, 3.8) is 0 Å². The van der Waals surface area contributed by atoms with Crippen molar-refractivity contribution in [2.75, 3.05) is 62.5 Å². The molecule has 578 valence electrons. The van der Waals surface area contributed by atoms with E-state index in [1.54, 1.807) is 82.9 Å². The van der Waals surface area contributed by atoms with Gasteiger partial charge in [0.2, 0.25) is 65.0 Å². The first-order valence-corrected chi connectivity index (χ1v) is 36.7. The van der Waals surface area contributed by atoms with Crippen molar-refractivity contribution in [1.29, 1.82) is 0 Å². The molecule has 3 aromatic rings. The van der Waals surface area contributed by atoms with Crippen LogP contribution in [0.25, 0.3) is 16.8 Å². The number of aliphatic hydroxyl groups excluding tert-OH is 1. The van der Waals surface area contributed by atoms with E-state index in [1.165, 1.54) is 87.7 Å². The van der Waals surface area contributed by atoms with Gasteiger partial charge in [0, 0.05) is 61.7 Å². The third-order valence-corrected chi connectivity index (χ3v) is 19.4. The van der Waals surface area contributed by atoms with E-state index in [4.69, 9.17) is 4.74 Å². The lowest BCUT2D eigenvalue weighted by atomic mass is 9.91. The van der Waals surface area contributed by atoms with Crippen LogP contribution in [0.3, 0.4) is 0 Å². The summed E-state index contributed by atoms with van der Waals surface area (Å²) in [5.74, 6) is -11.0. The van der Waals surface area contributed by atoms with Gasteiger partial charge >= 0.3 is 5.97 Å². The van der Waals surface area contributed by atoms with Crippen LogP contribution in [0.5, 0.6) is 0 Å². The molecule has 5 N–H and O–H groups in total. The molecule has 2 aromatic carbocycles. The van der Waals surface area contributed by atoms with Gasteiger partial charge < -0.3 is 65.4 Å². The summed E-state index contributed by atoms with van der Waals surface area (Å²) < 4.78 is 7.29. The number of likely N-dealkylation sites (N-methyl/N-ethyl adjacent to an activating group) is 7. The maximum Gasteiger partial charge on any atom is 0.338 e. The molecule has 0 saturated carbocycles. The van der Waals surface area contributed by atoms with Gasteiger partial charge in [0.25, 0.3) is 0 Å². The largest absolute Gasteiger partial charge is 0.460 e. The van der Waals surface area contributed by atoms with Crippen molar-refractivity contribution < 1.29 is 67.4 Å². The molecule has 1 aliphatic rings. The first-order chi connectivity index (χ1) is 48.6. The molecule has 0 radical (unpaired) electrons. The number of nitrogens with one attached hydrogen (secondary N) is 4. The maximum atomic E-state index is 15.6. The molecule has 1 fully saturated rings. The number of benzene rings is 2. The van der Waals surface area contributed by atoms with Gasteiger partial charge in [-0.2, -0.15) is 5.10 Å². The summed E-state index contributed by atoms with van der Waals surface area (Å²) in [5.41, 5.74) is 1.08. The van der Waals surface area contributed by atoms with E-state index in [0.29, 0.717) is 17.5 Å². The highest BCUT2D eigenvalue weighted by Crippen LogP contribution is 2.29. The van der Waals surface area contributed by atoms with Gasteiger partial charge in [0.1, 0.15) is 67.0 Å². The van der Waals surface area contributed by atoms with Crippen LogP contribution in [0.15, 0.2) is 60.9 Å². The second-order valence-corrected chi connectivity index (χ2v) is 30.6. The zero-order valence-corrected chi connectivity index (χ0v) is 65.9. The van der Waals surface area contributed by atoms with Gasteiger partial charge in [-0.15, -0.1) is 0 Å². The summed E-state index contributed by atoms with van der Waals surface area (Å²) >= 11 is 0. The fourth-order valence-electron chi connectivity index (χ4n) is 13.1. The Bertz CT molecular complexity index is 3480. The molecule has 0 spiro atoms. The van der Waals surface area contributed by atoms with Crippen molar-refractivity contribution in [1.82, 2.24) is 65.3 Å². The van der Waals surface area contributed by atoms with Crippen LogP contribution in [-0.2, 0) is 64.0 Å². The second kappa shape index (κ2) is 39.9. The molecule has 27 heteroatoms. The van der Waals surface area contributed by atoms with E-state index in [0.717, 1.165) is 20.7 Å². The lowest BCUT2D eigenvalue weighted by Crippen LogP contribution is -2.63. The van der Waals surface area contributed by atoms with Gasteiger partial charge in [0.15, 0.2) is 0 Å². The van der Waals surface area contributed by atoms with Crippen molar-refractivity contribution >= 4 is 87.8 Å². The SMILES string of the molecule is CC[C@@H]1NC(=O)[C@H]([C@H](O)[C@H](C)CC=Cc2ccc(C(=O)OCCn3cccn3)c3ccccc23)N(C)C(=O)[C@H](C(C)C)N(C)C(=O)[C@H](CC(C)C)N(C)C(=O)[C@H](CC(C)C)N(C)C(=O)[C@@H](C)NC(=O)[C@H](C)NC(=O)[C@H](CC(C)C)N(C)C(=O)[C@H](C(C)C)NC(=O)[C@H](CC(C)C)N(C)C(=O)CN(C)C1=O. The Morgan fingerprint density at radius 3 is 1.57 bits per heavy atom. The van der Waals surface area contributed by atoms with Gasteiger partial charge in [0.05, 0.1) is 24.8 Å². The Morgan fingerprint density at radius 2 is 1.04 bits per heavy atom. The Labute approximate surface area is 616 Å². The summed E-state index contributed by atoms with van der Waals surface area (Å²) in [6.07, 6.45) is 5.96. The zero-order valence-electron chi connectivity index (χ0n) is 65.9. The zero-order chi connectivity index (χ0) is 78.6. The maximum absolute atomic E-state index is 15.6.